The van der Waals surface area contributed by atoms with Gasteiger partial charge in [-0.15, -0.1) is 5.06 Å². The van der Waals surface area contributed by atoms with E-state index in [-0.39, 0.29) is 29.9 Å². The molecule has 0 spiro atoms. The van der Waals surface area contributed by atoms with Crippen molar-refractivity contribution in [3.05, 3.63) is 93.7 Å². The van der Waals surface area contributed by atoms with Crippen molar-refractivity contribution in [1.82, 2.24) is 15.0 Å². The van der Waals surface area contributed by atoms with Crippen LogP contribution in [-0.4, -0.2) is 52.8 Å². The van der Waals surface area contributed by atoms with Crippen LogP contribution in [0.1, 0.15) is 49.5 Å². The molecule has 10 nitrogen and oxygen atoms in total. The van der Waals surface area contributed by atoms with Crippen molar-refractivity contribution >= 4 is 17.9 Å². The van der Waals surface area contributed by atoms with Crippen LogP contribution in [-0.2, 0) is 9.57 Å². The first-order chi connectivity index (χ1) is 16.9. The Labute approximate surface area is 198 Å². The van der Waals surface area contributed by atoms with Crippen LogP contribution in [0.3, 0.4) is 0 Å². The number of benzene rings is 2. The zero-order chi connectivity index (χ0) is 24.9. The summed E-state index contributed by atoms with van der Waals surface area (Å²) in [5.74, 6) is -3.49. The van der Waals surface area contributed by atoms with Crippen molar-refractivity contribution in [1.29, 1.82) is 0 Å². The average Bonchev–Trinajstić information content (AvgIpc) is 3.25. The number of methoxy groups -OCH3 is 1. The number of hydrogen-bond donors (Lipinski definition) is 1. The van der Waals surface area contributed by atoms with Crippen LogP contribution in [0.15, 0.2) is 65.5 Å². The first-order valence-electron chi connectivity index (χ1n) is 10.5. The molecule has 1 aromatic heterocycles. The lowest BCUT2D eigenvalue weighted by Crippen LogP contribution is -2.31. The number of carbonyl (C=O) groups excluding carboxylic acids is 3. The maximum atomic E-state index is 14.3. The summed E-state index contributed by atoms with van der Waals surface area (Å²) in [4.78, 5) is 62.0. The molecule has 0 aliphatic carbocycles. The number of H-pyrrole nitrogens is 1. The molecule has 1 N–H and O–H groups in total. The molecule has 2 aromatic carbocycles. The molecule has 11 heteroatoms. The molecule has 0 radical (unpaired) electrons. The lowest BCUT2D eigenvalue weighted by Gasteiger charge is -2.22. The molecular weight excluding hydrogens is 461 g/mol. The SMILES string of the molecule is COC(=O)c1nc([C@@H]2C[C@H](F)CN2OC(=O)c2ccccc2)[nH]c(=O)c1OC(=O)c1ccccc1. The smallest absolute Gasteiger partial charge is 0.360 e. The summed E-state index contributed by atoms with van der Waals surface area (Å²) in [7, 11) is 1.06. The minimum Gasteiger partial charge on any atom is -0.464 e. The van der Waals surface area contributed by atoms with E-state index in [4.69, 9.17) is 9.57 Å². The average molecular weight is 481 g/mol. The van der Waals surface area contributed by atoms with E-state index in [0.717, 1.165) is 12.2 Å². The predicted octanol–water partition coefficient (Wildman–Crippen LogP) is 2.63. The van der Waals surface area contributed by atoms with Crippen molar-refractivity contribution in [2.24, 2.45) is 0 Å². The van der Waals surface area contributed by atoms with Gasteiger partial charge in [-0.2, -0.15) is 0 Å². The second kappa shape index (κ2) is 10.3. The summed E-state index contributed by atoms with van der Waals surface area (Å²) in [5.41, 5.74) is -1.15. The van der Waals surface area contributed by atoms with Crippen LogP contribution in [0.25, 0.3) is 0 Å². The molecule has 1 aliphatic heterocycles. The fraction of sp³-hybridized carbons (Fsp3) is 0.208. The summed E-state index contributed by atoms with van der Waals surface area (Å²) in [5, 5.41) is 1.05. The van der Waals surface area contributed by atoms with Crippen LogP contribution in [0, 0.1) is 0 Å². The van der Waals surface area contributed by atoms with Gasteiger partial charge in [-0.05, 0) is 24.3 Å². The van der Waals surface area contributed by atoms with Gasteiger partial charge in [-0.25, -0.2) is 23.8 Å². The largest absolute Gasteiger partial charge is 0.464 e. The number of esters is 2. The molecule has 180 valence electrons. The second-order valence-corrected chi connectivity index (χ2v) is 7.57. The molecule has 35 heavy (non-hydrogen) atoms. The van der Waals surface area contributed by atoms with Gasteiger partial charge in [0.05, 0.1) is 24.8 Å². The lowest BCUT2D eigenvalue weighted by atomic mass is 10.2. The third-order valence-corrected chi connectivity index (χ3v) is 5.21. The van der Waals surface area contributed by atoms with Crippen molar-refractivity contribution in [2.75, 3.05) is 13.7 Å². The monoisotopic (exact) mass is 481 g/mol. The molecule has 0 amide bonds. The maximum Gasteiger partial charge on any atom is 0.360 e. The molecular formula is C24H20FN3O7. The Morgan fingerprint density at radius 2 is 1.57 bits per heavy atom. The first-order valence-corrected chi connectivity index (χ1v) is 10.5. The van der Waals surface area contributed by atoms with Crippen molar-refractivity contribution in [3.63, 3.8) is 0 Å². The summed E-state index contributed by atoms with van der Waals surface area (Å²) in [6.07, 6.45) is -1.57. The van der Waals surface area contributed by atoms with Crippen LogP contribution < -0.4 is 10.3 Å². The minimum atomic E-state index is -1.40. The molecule has 4 rings (SSSR count). The topological polar surface area (TPSA) is 128 Å². The van der Waals surface area contributed by atoms with Gasteiger partial charge in [0.25, 0.3) is 5.56 Å². The number of carbonyl (C=O) groups is 3. The van der Waals surface area contributed by atoms with E-state index >= 15 is 0 Å². The predicted molar refractivity (Wildman–Crippen MR) is 118 cm³/mol. The second-order valence-electron chi connectivity index (χ2n) is 7.57. The van der Waals surface area contributed by atoms with Gasteiger partial charge in [-0.3, -0.25) is 4.79 Å². The minimum absolute atomic E-state index is 0.141. The molecule has 1 aliphatic rings. The number of alkyl halides is 1. The van der Waals surface area contributed by atoms with E-state index in [1.165, 1.54) is 24.3 Å². The Kier molecular flexibility index (Phi) is 6.97. The Bertz CT molecular complexity index is 1300. The van der Waals surface area contributed by atoms with E-state index in [1.807, 2.05) is 0 Å². The van der Waals surface area contributed by atoms with Crippen LogP contribution >= 0.6 is 0 Å². The van der Waals surface area contributed by atoms with Gasteiger partial charge in [0, 0.05) is 6.42 Å². The van der Waals surface area contributed by atoms with Gasteiger partial charge in [0.2, 0.25) is 5.75 Å². The van der Waals surface area contributed by atoms with Gasteiger partial charge in [-0.1, -0.05) is 36.4 Å². The molecule has 0 unspecified atom stereocenters. The molecule has 2 heterocycles. The van der Waals surface area contributed by atoms with Gasteiger partial charge in [0.15, 0.2) is 5.69 Å². The number of rotatable bonds is 6. The number of ether oxygens (including phenoxy) is 2. The molecule has 3 aromatic rings. The fourth-order valence-corrected chi connectivity index (χ4v) is 3.53. The lowest BCUT2D eigenvalue weighted by molar-refractivity contribution is -0.124. The highest BCUT2D eigenvalue weighted by Gasteiger charge is 2.39. The summed E-state index contributed by atoms with van der Waals surface area (Å²) in [6, 6.07) is 14.9. The molecule has 0 saturated carbocycles. The Hall–Kier alpha value is -4.38. The fourth-order valence-electron chi connectivity index (χ4n) is 3.53. The first kappa shape index (κ1) is 23.8. The Morgan fingerprint density at radius 3 is 2.17 bits per heavy atom. The van der Waals surface area contributed by atoms with Gasteiger partial charge in [0.1, 0.15) is 18.0 Å². The molecule has 1 fully saturated rings. The highest BCUT2D eigenvalue weighted by molar-refractivity contribution is 5.94. The van der Waals surface area contributed by atoms with E-state index in [2.05, 4.69) is 14.7 Å². The third-order valence-electron chi connectivity index (χ3n) is 5.21. The Balaban J connectivity index is 1.65. The van der Waals surface area contributed by atoms with E-state index in [1.54, 1.807) is 36.4 Å². The summed E-state index contributed by atoms with van der Waals surface area (Å²) in [6.45, 7) is -0.273. The number of hydrogen-bond acceptors (Lipinski definition) is 9. The highest BCUT2D eigenvalue weighted by Crippen LogP contribution is 2.33. The number of aromatic amines is 1. The third kappa shape index (κ3) is 5.25. The molecule has 0 bridgehead atoms. The van der Waals surface area contributed by atoms with E-state index < -0.39 is 47.1 Å². The number of hydroxylamine groups is 2. The van der Waals surface area contributed by atoms with Crippen LogP contribution in [0.2, 0.25) is 0 Å². The summed E-state index contributed by atoms with van der Waals surface area (Å²) < 4.78 is 24.2. The number of nitrogens with one attached hydrogen (secondary N) is 1. The highest BCUT2D eigenvalue weighted by atomic mass is 19.1. The zero-order valence-electron chi connectivity index (χ0n) is 18.5. The number of aromatic nitrogens is 2. The van der Waals surface area contributed by atoms with E-state index in [0.29, 0.717) is 0 Å². The summed E-state index contributed by atoms with van der Waals surface area (Å²) >= 11 is 0. The van der Waals surface area contributed by atoms with Gasteiger partial charge < -0.3 is 19.3 Å². The van der Waals surface area contributed by atoms with Crippen molar-refractivity contribution in [2.45, 2.75) is 18.6 Å². The standard InChI is InChI=1S/C24H20FN3O7/c1-33-24(32)18-19(34-22(30)14-8-4-2-5-9-14)21(29)27-20(26-18)17-12-16(25)13-28(17)35-23(31)15-10-6-3-7-11-15/h2-11,16-17H,12-13H2,1H3,(H,26,27,29)/t16-,17-/m0/s1. The van der Waals surface area contributed by atoms with Crippen LogP contribution in [0.5, 0.6) is 5.75 Å². The van der Waals surface area contributed by atoms with Crippen molar-refractivity contribution in [3.8, 4) is 5.75 Å². The maximum absolute atomic E-state index is 14.3. The normalized spacial score (nSPS) is 17.5. The Morgan fingerprint density at radius 1 is 0.971 bits per heavy atom. The van der Waals surface area contributed by atoms with Crippen molar-refractivity contribution < 1.29 is 33.1 Å². The van der Waals surface area contributed by atoms with Gasteiger partial charge >= 0.3 is 17.9 Å². The number of halogens is 1. The van der Waals surface area contributed by atoms with Crippen LogP contribution in [0.4, 0.5) is 4.39 Å². The quantitative estimate of drug-likeness (QED) is 0.529. The molecule has 1 saturated heterocycles. The zero-order valence-corrected chi connectivity index (χ0v) is 18.5. The number of nitrogens with zero attached hydrogens (tertiary/aromatic N) is 2. The van der Waals surface area contributed by atoms with E-state index in [9.17, 15) is 23.6 Å². The molecule has 2 atom stereocenters.